The van der Waals surface area contributed by atoms with Crippen LogP contribution in [0.2, 0.25) is 0 Å². The van der Waals surface area contributed by atoms with E-state index in [4.69, 9.17) is 0 Å². The number of anilines is 1. The van der Waals surface area contributed by atoms with Gasteiger partial charge in [-0.25, -0.2) is 4.98 Å². The van der Waals surface area contributed by atoms with Gasteiger partial charge in [-0.05, 0) is 24.5 Å². The minimum absolute atomic E-state index is 0.0173. The molecule has 1 unspecified atom stereocenters. The van der Waals surface area contributed by atoms with Gasteiger partial charge in [0.15, 0.2) is 0 Å². The Hall–Kier alpha value is -1.56. The molecule has 0 aliphatic carbocycles. The van der Waals surface area contributed by atoms with Gasteiger partial charge in [0.25, 0.3) is 0 Å². The second-order valence-electron chi connectivity index (χ2n) is 6.18. The third-order valence-electron chi connectivity index (χ3n) is 3.65. The summed E-state index contributed by atoms with van der Waals surface area (Å²) in [5, 5.41) is 3.34. The van der Waals surface area contributed by atoms with Gasteiger partial charge < -0.3 is 10.2 Å². The van der Waals surface area contributed by atoms with Gasteiger partial charge in [-0.1, -0.05) is 39.0 Å². The van der Waals surface area contributed by atoms with Crippen LogP contribution in [0.5, 0.6) is 0 Å². The van der Waals surface area contributed by atoms with Crippen molar-refractivity contribution < 1.29 is 9.59 Å². The lowest BCUT2D eigenvalue weighted by Crippen LogP contribution is -2.44. The van der Waals surface area contributed by atoms with Crippen molar-refractivity contribution in [2.75, 3.05) is 18.0 Å². The predicted octanol–water partition coefficient (Wildman–Crippen LogP) is 2.85. The first-order valence-corrected chi connectivity index (χ1v) is 9.10. The Kier molecular flexibility index (Phi) is 6.45. The zero-order chi connectivity index (χ0) is 16.8. The lowest BCUT2D eigenvalue weighted by atomic mass is 10.2. The largest absolute Gasteiger partial charge is 0.356 e. The molecule has 2 rings (SSSR count). The number of carbonyl (C=O) groups excluding carboxylic acids is 2. The normalized spacial score (nSPS) is 17.3. The van der Waals surface area contributed by atoms with Gasteiger partial charge in [-0.15, -0.1) is 0 Å². The van der Waals surface area contributed by atoms with Gasteiger partial charge in [-0.2, -0.15) is 0 Å². The maximum atomic E-state index is 12.8. The molecule has 0 radical (unpaired) electrons. The number of pyridine rings is 1. The molecular formula is C17H25N3O2S. The first-order chi connectivity index (χ1) is 11.0. The topological polar surface area (TPSA) is 62.3 Å². The van der Waals surface area contributed by atoms with Crippen LogP contribution >= 0.6 is 11.8 Å². The highest BCUT2D eigenvalue weighted by molar-refractivity contribution is 8.00. The van der Waals surface area contributed by atoms with Crippen LogP contribution in [-0.4, -0.2) is 35.1 Å². The number of nitrogens with one attached hydrogen (secondary N) is 1. The van der Waals surface area contributed by atoms with Crippen LogP contribution in [0.4, 0.5) is 5.69 Å². The average Bonchev–Trinajstić information content (AvgIpc) is 2.53. The molecule has 0 aromatic carbocycles. The van der Waals surface area contributed by atoms with Crippen molar-refractivity contribution in [3.63, 3.8) is 0 Å². The van der Waals surface area contributed by atoms with E-state index in [0.717, 1.165) is 23.6 Å². The molecule has 1 aromatic heterocycles. The third kappa shape index (κ3) is 4.70. The highest BCUT2D eigenvalue weighted by atomic mass is 32.2. The Morgan fingerprint density at radius 3 is 2.96 bits per heavy atom. The molecule has 2 heterocycles. The Bertz CT molecular complexity index is 563. The zero-order valence-corrected chi connectivity index (χ0v) is 14.9. The number of fused-ring (bicyclic) bond motifs is 1. The quantitative estimate of drug-likeness (QED) is 0.832. The fourth-order valence-electron chi connectivity index (χ4n) is 2.39. The van der Waals surface area contributed by atoms with E-state index >= 15 is 0 Å². The summed E-state index contributed by atoms with van der Waals surface area (Å²) in [6, 6.07) is 3.78. The number of hydrogen-bond acceptors (Lipinski definition) is 4. The maximum absolute atomic E-state index is 12.8. The number of hydrogen-bond donors (Lipinski definition) is 1. The van der Waals surface area contributed by atoms with Crippen LogP contribution < -0.4 is 10.2 Å². The van der Waals surface area contributed by atoms with Gasteiger partial charge >= 0.3 is 0 Å². The molecule has 0 bridgehead atoms. The minimum atomic E-state index is -0.388. The number of rotatable bonds is 7. The highest BCUT2D eigenvalue weighted by Gasteiger charge is 2.35. The summed E-state index contributed by atoms with van der Waals surface area (Å²) in [6.45, 7) is 7.52. The van der Waals surface area contributed by atoms with E-state index in [9.17, 15) is 9.59 Å². The Morgan fingerprint density at radius 2 is 2.26 bits per heavy atom. The van der Waals surface area contributed by atoms with Crippen molar-refractivity contribution in [2.24, 2.45) is 5.92 Å². The van der Waals surface area contributed by atoms with Crippen LogP contribution in [-0.2, 0) is 9.59 Å². The molecule has 0 saturated carbocycles. The summed E-state index contributed by atoms with van der Waals surface area (Å²) in [5.74, 6) is 0.347. The van der Waals surface area contributed by atoms with E-state index in [0.29, 0.717) is 19.0 Å². The molecule has 1 aliphatic rings. The molecule has 5 nitrogen and oxygen atoms in total. The number of aromatic nitrogens is 1. The summed E-state index contributed by atoms with van der Waals surface area (Å²) in [5.41, 5.74) is 0.870. The molecule has 0 saturated heterocycles. The first kappa shape index (κ1) is 17.8. The van der Waals surface area contributed by atoms with Crippen LogP contribution in [0.15, 0.2) is 23.4 Å². The van der Waals surface area contributed by atoms with Crippen LogP contribution in [0, 0.1) is 5.92 Å². The summed E-state index contributed by atoms with van der Waals surface area (Å²) >= 11 is 1.40. The van der Waals surface area contributed by atoms with Gasteiger partial charge in [0.05, 0.1) is 10.9 Å². The van der Waals surface area contributed by atoms with Crippen molar-refractivity contribution in [1.29, 1.82) is 0 Å². The molecule has 1 aromatic rings. The Balaban J connectivity index is 2.10. The third-order valence-corrected chi connectivity index (χ3v) is 4.84. The summed E-state index contributed by atoms with van der Waals surface area (Å²) in [4.78, 5) is 31.0. The van der Waals surface area contributed by atoms with Crippen molar-refractivity contribution in [3.05, 3.63) is 18.3 Å². The molecule has 0 fully saturated rings. The molecule has 23 heavy (non-hydrogen) atoms. The fourth-order valence-corrected chi connectivity index (χ4v) is 3.54. The zero-order valence-electron chi connectivity index (χ0n) is 14.0. The van der Waals surface area contributed by atoms with Crippen LogP contribution in [0.3, 0.4) is 0 Å². The summed E-state index contributed by atoms with van der Waals surface area (Å²) in [7, 11) is 0. The molecule has 1 N–H and O–H groups in total. The molecule has 0 spiro atoms. The Morgan fingerprint density at radius 1 is 1.48 bits per heavy atom. The summed E-state index contributed by atoms with van der Waals surface area (Å²) in [6.07, 6.45) is 3.90. The predicted molar refractivity (Wildman–Crippen MR) is 93.6 cm³/mol. The van der Waals surface area contributed by atoms with Gasteiger partial charge in [0.2, 0.25) is 11.8 Å². The maximum Gasteiger partial charge on any atom is 0.241 e. The van der Waals surface area contributed by atoms with Gasteiger partial charge in [0.1, 0.15) is 5.03 Å². The molecular weight excluding hydrogens is 310 g/mol. The van der Waals surface area contributed by atoms with E-state index in [1.54, 1.807) is 11.1 Å². The molecule has 126 valence electrons. The number of nitrogens with zero attached hydrogens (tertiary/aromatic N) is 2. The van der Waals surface area contributed by atoms with Gasteiger partial charge in [0, 0.05) is 25.7 Å². The SMILES string of the molecule is CCCCN1C(=O)C(CC(=O)NCC(C)C)Sc2ncccc21. The monoisotopic (exact) mass is 335 g/mol. The Labute approximate surface area is 142 Å². The average molecular weight is 335 g/mol. The van der Waals surface area contributed by atoms with Crippen molar-refractivity contribution in [2.45, 2.75) is 50.3 Å². The molecule has 1 aliphatic heterocycles. The summed E-state index contributed by atoms with van der Waals surface area (Å²) < 4.78 is 0. The molecule has 2 amide bonds. The number of carbonyl (C=O) groups is 2. The second kappa shape index (κ2) is 8.34. The van der Waals surface area contributed by atoms with Crippen molar-refractivity contribution in [3.8, 4) is 0 Å². The second-order valence-corrected chi connectivity index (χ2v) is 7.37. The van der Waals surface area contributed by atoms with Gasteiger partial charge in [-0.3, -0.25) is 9.59 Å². The molecule has 6 heteroatoms. The lowest BCUT2D eigenvalue weighted by Gasteiger charge is -2.32. The standard InChI is InChI=1S/C17H25N3O2S/c1-4-5-9-20-13-7-6-8-18-16(13)23-14(17(20)22)10-15(21)19-11-12(2)3/h6-8,12,14H,4-5,9-11H2,1-3H3,(H,19,21). The first-order valence-electron chi connectivity index (χ1n) is 8.22. The van der Waals surface area contributed by atoms with Crippen molar-refractivity contribution >= 4 is 29.3 Å². The van der Waals surface area contributed by atoms with Crippen LogP contribution in [0.25, 0.3) is 0 Å². The van der Waals surface area contributed by atoms with E-state index in [1.807, 2.05) is 26.0 Å². The van der Waals surface area contributed by atoms with E-state index in [-0.39, 0.29) is 23.5 Å². The molecule has 1 atom stereocenters. The van der Waals surface area contributed by atoms with E-state index in [2.05, 4.69) is 17.2 Å². The number of amides is 2. The minimum Gasteiger partial charge on any atom is -0.356 e. The van der Waals surface area contributed by atoms with Crippen molar-refractivity contribution in [1.82, 2.24) is 10.3 Å². The van der Waals surface area contributed by atoms with Crippen LogP contribution in [0.1, 0.15) is 40.0 Å². The van der Waals surface area contributed by atoms with E-state index < -0.39 is 0 Å². The fraction of sp³-hybridized carbons (Fsp3) is 0.588. The lowest BCUT2D eigenvalue weighted by molar-refractivity contribution is -0.125. The smallest absolute Gasteiger partial charge is 0.241 e. The number of unbranched alkanes of at least 4 members (excludes halogenated alkanes) is 1. The highest BCUT2D eigenvalue weighted by Crippen LogP contribution is 2.38. The van der Waals surface area contributed by atoms with E-state index in [1.165, 1.54) is 11.8 Å². The number of thioether (sulfide) groups is 1.